The van der Waals surface area contributed by atoms with Crippen LogP contribution < -0.4 is 0 Å². The molecule has 5 nitrogen and oxygen atoms in total. The third-order valence-corrected chi connectivity index (χ3v) is 2.83. The van der Waals surface area contributed by atoms with Crippen LogP contribution in [0.2, 0.25) is 5.15 Å². The van der Waals surface area contributed by atoms with Gasteiger partial charge in [-0.3, -0.25) is 0 Å². The van der Waals surface area contributed by atoms with Crippen molar-refractivity contribution >= 4 is 39.3 Å². The zero-order valence-electron chi connectivity index (χ0n) is 7.02. The first-order chi connectivity index (χ1) is 6.74. The molecule has 0 saturated carbocycles. The Morgan fingerprint density at radius 2 is 2.36 bits per heavy atom. The van der Waals surface area contributed by atoms with Crippen molar-refractivity contribution in [1.29, 1.82) is 0 Å². The Hall–Kier alpha value is -1.27. The smallest absolute Gasteiger partial charge is 0.360 e. The summed E-state index contributed by atoms with van der Waals surface area (Å²) in [5.41, 5.74) is 0.610. The van der Waals surface area contributed by atoms with E-state index in [-0.39, 0.29) is 5.69 Å². The van der Waals surface area contributed by atoms with Crippen LogP contribution in [0.4, 0.5) is 0 Å². The summed E-state index contributed by atoms with van der Waals surface area (Å²) in [6.07, 6.45) is 1.28. The summed E-state index contributed by atoms with van der Waals surface area (Å²) >= 11 is 6.86. The summed E-state index contributed by atoms with van der Waals surface area (Å²) in [7, 11) is 1.29. The zero-order chi connectivity index (χ0) is 10.1. The number of hydrogen-bond donors (Lipinski definition) is 0. The molecule has 2 aromatic rings. The van der Waals surface area contributed by atoms with Crippen LogP contribution in [0.1, 0.15) is 10.5 Å². The van der Waals surface area contributed by atoms with Gasteiger partial charge in [-0.1, -0.05) is 11.6 Å². The minimum absolute atomic E-state index is 0.178. The quantitative estimate of drug-likeness (QED) is 0.548. The number of esters is 1. The minimum atomic E-state index is -0.522. The van der Waals surface area contributed by atoms with Gasteiger partial charge in [0.1, 0.15) is 16.5 Å². The number of hydrogen-bond acceptors (Lipinski definition) is 6. The first-order valence-electron chi connectivity index (χ1n) is 3.58. The van der Waals surface area contributed by atoms with E-state index in [2.05, 4.69) is 19.1 Å². The number of rotatable bonds is 1. The average Bonchev–Trinajstić information content (AvgIpc) is 2.62. The van der Waals surface area contributed by atoms with Gasteiger partial charge in [-0.15, -0.1) is 0 Å². The van der Waals surface area contributed by atoms with Crippen LogP contribution in [0, 0.1) is 0 Å². The van der Waals surface area contributed by atoms with E-state index in [0.29, 0.717) is 15.4 Å². The number of carbonyl (C=O) groups excluding carboxylic acids is 1. The molecule has 14 heavy (non-hydrogen) atoms. The molecule has 0 N–H and O–H groups in total. The Balaban J connectivity index is 2.70. The van der Waals surface area contributed by atoms with Gasteiger partial charge in [0.2, 0.25) is 0 Å². The van der Waals surface area contributed by atoms with Gasteiger partial charge < -0.3 is 4.74 Å². The van der Waals surface area contributed by atoms with Crippen LogP contribution in [0.3, 0.4) is 0 Å². The van der Waals surface area contributed by atoms with E-state index >= 15 is 0 Å². The fraction of sp³-hybridized carbons (Fsp3) is 0.143. The molecule has 0 aliphatic rings. The van der Waals surface area contributed by atoms with E-state index in [4.69, 9.17) is 11.6 Å². The Bertz CT molecular complexity index is 499. The molecule has 7 heteroatoms. The number of nitrogens with zero attached hydrogens (tertiary/aromatic N) is 3. The highest BCUT2D eigenvalue weighted by atomic mass is 35.5. The van der Waals surface area contributed by atoms with Crippen molar-refractivity contribution in [2.75, 3.05) is 7.11 Å². The van der Waals surface area contributed by atoms with E-state index in [9.17, 15) is 4.79 Å². The second-order valence-electron chi connectivity index (χ2n) is 2.36. The van der Waals surface area contributed by atoms with Crippen LogP contribution in [0.25, 0.3) is 10.2 Å². The molecule has 0 unspecified atom stereocenters. The van der Waals surface area contributed by atoms with Crippen LogP contribution in [0.5, 0.6) is 0 Å². The molecule has 0 bridgehead atoms. The monoisotopic (exact) mass is 229 g/mol. The summed E-state index contributed by atoms with van der Waals surface area (Å²) in [6, 6.07) is 0. The summed E-state index contributed by atoms with van der Waals surface area (Å²) < 4.78 is 9.04. The maximum absolute atomic E-state index is 11.2. The lowest BCUT2D eigenvalue weighted by Gasteiger charge is -1.93. The second kappa shape index (κ2) is 3.47. The molecule has 72 valence electrons. The minimum Gasteiger partial charge on any atom is -0.464 e. The molecule has 0 aliphatic heterocycles. The Morgan fingerprint density at radius 3 is 3.07 bits per heavy atom. The van der Waals surface area contributed by atoms with E-state index < -0.39 is 5.97 Å². The summed E-state index contributed by atoms with van der Waals surface area (Å²) in [6.45, 7) is 0. The molecule has 0 amide bonds. The molecule has 0 aromatic carbocycles. The molecule has 0 spiro atoms. The molecule has 0 atom stereocenters. The van der Waals surface area contributed by atoms with Gasteiger partial charge in [0.15, 0.2) is 10.8 Å². The lowest BCUT2D eigenvalue weighted by atomic mass is 10.3. The van der Waals surface area contributed by atoms with Crippen LogP contribution in [-0.4, -0.2) is 27.4 Å². The molecule has 0 fully saturated rings. The lowest BCUT2D eigenvalue weighted by molar-refractivity contribution is 0.0597. The van der Waals surface area contributed by atoms with E-state index in [0.717, 1.165) is 11.5 Å². The molecular formula is C7H4ClN3O2S. The Morgan fingerprint density at radius 1 is 1.57 bits per heavy atom. The van der Waals surface area contributed by atoms with Crippen molar-refractivity contribution in [3.8, 4) is 0 Å². The lowest BCUT2D eigenvalue weighted by Crippen LogP contribution is -2.02. The van der Waals surface area contributed by atoms with E-state index in [1.165, 1.54) is 13.4 Å². The van der Waals surface area contributed by atoms with Gasteiger partial charge in [0.25, 0.3) is 0 Å². The predicted molar refractivity (Wildman–Crippen MR) is 51.6 cm³/mol. The number of aromatic nitrogens is 3. The van der Waals surface area contributed by atoms with Crippen LogP contribution in [-0.2, 0) is 4.74 Å². The topological polar surface area (TPSA) is 65.0 Å². The normalized spacial score (nSPS) is 10.4. The van der Waals surface area contributed by atoms with E-state index in [1.807, 2.05) is 0 Å². The molecule has 0 saturated heterocycles. The standard InChI is InChI=1S/C7H4ClN3O2S/c1-13-7(12)4-3-5(14-11-4)6(8)10-2-9-3/h2H,1H3. The van der Waals surface area contributed by atoms with Gasteiger partial charge in [0, 0.05) is 0 Å². The highest BCUT2D eigenvalue weighted by Crippen LogP contribution is 2.26. The van der Waals surface area contributed by atoms with Crippen molar-refractivity contribution in [3.05, 3.63) is 17.2 Å². The maximum atomic E-state index is 11.2. The van der Waals surface area contributed by atoms with Crippen molar-refractivity contribution < 1.29 is 9.53 Å². The first-order valence-corrected chi connectivity index (χ1v) is 4.73. The fourth-order valence-electron chi connectivity index (χ4n) is 0.967. The molecule has 0 radical (unpaired) electrons. The second-order valence-corrected chi connectivity index (χ2v) is 3.50. The van der Waals surface area contributed by atoms with Crippen LogP contribution >= 0.6 is 23.1 Å². The number of ether oxygens (including phenoxy) is 1. The van der Waals surface area contributed by atoms with E-state index in [1.54, 1.807) is 0 Å². The summed E-state index contributed by atoms with van der Waals surface area (Å²) in [5.74, 6) is -0.522. The summed E-state index contributed by atoms with van der Waals surface area (Å²) in [4.78, 5) is 18.9. The number of halogens is 1. The van der Waals surface area contributed by atoms with Crippen molar-refractivity contribution in [2.45, 2.75) is 0 Å². The van der Waals surface area contributed by atoms with Crippen molar-refractivity contribution in [1.82, 2.24) is 14.3 Å². The van der Waals surface area contributed by atoms with Gasteiger partial charge >= 0.3 is 5.97 Å². The van der Waals surface area contributed by atoms with Gasteiger partial charge in [-0.05, 0) is 11.5 Å². The molecule has 2 rings (SSSR count). The maximum Gasteiger partial charge on any atom is 0.360 e. The SMILES string of the molecule is COC(=O)c1nsc2c(Cl)ncnc12. The number of fused-ring (bicyclic) bond motifs is 1. The summed E-state index contributed by atoms with van der Waals surface area (Å²) in [5, 5.41) is 0.294. The van der Waals surface area contributed by atoms with Crippen LogP contribution in [0.15, 0.2) is 6.33 Å². The van der Waals surface area contributed by atoms with Crippen molar-refractivity contribution in [2.24, 2.45) is 0 Å². The highest BCUT2D eigenvalue weighted by molar-refractivity contribution is 7.14. The molecular weight excluding hydrogens is 226 g/mol. The molecule has 2 aromatic heterocycles. The number of carbonyl (C=O) groups is 1. The fourth-order valence-corrected chi connectivity index (χ4v) is 1.91. The Labute approximate surface area is 87.9 Å². The first kappa shape index (κ1) is 9.29. The predicted octanol–water partition coefficient (Wildman–Crippen LogP) is 1.53. The van der Waals surface area contributed by atoms with Crippen molar-refractivity contribution in [3.63, 3.8) is 0 Å². The molecule has 0 aliphatic carbocycles. The largest absolute Gasteiger partial charge is 0.464 e. The molecule has 2 heterocycles. The Kier molecular flexibility index (Phi) is 2.30. The third kappa shape index (κ3) is 1.32. The van der Waals surface area contributed by atoms with Gasteiger partial charge in [-0.2, -0.15) is 4.37 Å². The van der Waals surface area contributed by atoms with Gasteiger partial charge in [0.05, 0.1) is 7.11 Å². The highest BCUT2D eigenvalue weighted by Gasteiger charge is 2.17. The average molecular weight is 230 g/mol. The number of methoxy groups -OCH3 is 1. The zero-order valence-corrected chi connectivity index (χ0v) is 8.59. The third-order valence-electron chi connectivity index (χ3n) is 1.59. The van der Waals surface area contributed by atoms with Gasteiger partial charge in [-0.25, -0.2) is 14.8 Å².